The Hall–Kier alpha value is -1.84. The van der Waals surface area contributed by atoms with Gasteiger partial charge in [0, 0.05) is 0 Å². The summed E-state index contributed by atoms with van der Waals surface area (Å²) < 4.78 is 5.62. The molecule has 0 aromatic heterocycles. The van der Waals surface area contributed by atoms with E-state index in [2.05, 4.69) is 55.5 Å². The van der Waals surface area contributed by atoms with Gasteiger partial charge in [-0.25, -0.2) is 0 Å². The molecular weight excluding hydrogens is 310 g/mol. The summed E-state index contributed by atoms with van der Waals surface area (Å²) >= 11 is 0. The van der Waals surface area contributed by atoms with Gasteiger partial charge in [0.25, 0.3) is 0 Å². The highest BCUT2D eigenvalue weighted by atomic mass is 16.5. The first-order chi connectivity index (χ1) is 12.1. The first kappa shape index (κ1) is 18.0. The topological polar surface area (TPSA) is 55.5 Å². The summed E-state index contributed by atoms with van der Waals surface area (Å²) in [6.07, 6.45) is 5.42. The number of aliphatic hydroxyl groups is 1. The second kappa shape index (κ2) is 8.03. The van der Waals surface area contributed by atoms with Crippen LogP contribution in [0.1, 0.15) is 55.2 Å². The summed E-state index contributed by atoms with van der Waals surface area (Å²) in [6, 6.07) is 17.2. The third-order valence-corrected chi connectivity index (χ3v) is 5.08. The zero-order valence-electron chi connectivity index (χ0n) is 15.1. The van der Waals surface area contributed by atoms with Gasteiger partial charge >= 0.3 is 0 Å². The van der Waals surface area contributed by atoms with Gasteiger partial charge in [0.05, 0.1) is 6.61 Å². The predicted molar refractivity (Wildman–Crippen MR) is 102 cm³/mol. The van der Waals surface area contributed by atoms with E-state index in [0.29, 0.717) is 18.8 Å². The smallest absolute Gasteiger partial charge is 0.119 e. The monoisotopic (exact) mass is 339 g/mol. The molecule has 0 radical (unpaired) electrons. The van der Waals surface area contributed by atoms with Crippen molar-refractivity contribution in [2.24, 2.45) is 5.73 Å². The van der Waals surface area contributed by atoms with Gasteiger partial charge in [-0.15, -0.1) is 0 Å². The summed E-state index contributed by atoms with van der Waals surface area (Å²) in [7, 11) is 0. The number of ether oxygens (including phenoxy) is 1. The van der Waals surface area contributed by atoms with Crippen molar-refractivity contribution in [2.75, 3.05) is 6.61 Å². The first-order valence-corrected chi connectivity index (χ1v) is 9.37. The molecule has 1 saturated carbocycles. The minimum atomic E-state index is -0.976. The van der Waals surface area contributed by atoms with E-state index < -0.39 is 5.72 Å². The maximum atomic E-state index is 9.93. The van der Waals surface area contributed by atoms with Gasteiger partial charge in [-0.1, -0.05) is 43.3 Å². The normalized spacial score (nSPS) is 22.9. The van der Waals surface area contributed by atoms with Crippen LogP contribution in [0.15, 0.2) is 48.5 Å². The zero-order valence-corrected chi connectivity index (χ0v) is 15.1. The molecule has 3 rings (SSSR count). The maximum Gasteiger partial charge on any atom is 0.119 e. The SMILES string of the molecule is CCCOc1ccc(CCc2ccc([C@@H]3CC[C@](N)(O)C3)cc2)cc1. The fourth-order valence-corrected chi connectivity index (χ4v) is 3.56. The molecule has 3 N–H and O–H groups in total. The summed E-state index contributed by atoms with van der Waals surface area (Å²) in [5.41, 5.74) is 8.82. The first-order valence-electron chi connectivity index (χ1n) is 9.37. The van der Waals surface area contributed by atoms with Crippen molar-refractivity contribution in [3.8, 4) is 5.75 Å². The molecule has 134 valence electrons. The minimum absolute atomic E-state index is 0.389. The van der Waals surface area contributed by atoms with E-state index in [0.717, 1.165) is 38.0 Å². The van der Waals surface area contributed by atoms with E-state index in [1.807, 2.05) is 0 Å². The fraction of sp³-hybridized carbons (Fsp3) is 0.455. The largest absolute Gasteiger partial charge is 0.494 e. The lowest BCUT2D eigenvalue weighted by atomic mass is 9.95. The van der Waals surface area contributed by atoms with Crippen molar-refractivity contribution < 1.29 is 9.84 Å². The van der Waals surface area contributed by atoms with Crippen molar-refractivity contribution in [1.82, 2.24) is 0 Å². The molecule has 25 heavy (non-hydrogen) atoms. The highest BCUT2D eigenvalue weighted by molar-refractivity contribution is 5.30. The van der Waals surface area contributed by atoms with Gasteiger partial charge in [-0.3, -0.25) is 0 Å². The van der Waals surface area contributed by atoms with E-state index in [4.69, 9.17) is 10.5 Å². The van der Waals surface area contributed by atoms with Crippen molar-refractivity contribution in [1.29, 1.82) is 0 Å². The number of nitrogens with two attached hydrogens (primary N) is 1. The van der Waals surface area contributed by atoms with E-state index in [9.17, 15) is 5.11 Å². The van der Waals surface area contributed by atoms with Crippen molar-refractivity contribution >= 4 is 0 Å². The van der Waals surface area contributed by atoms with E-state index >= 15 is 0 Å². The van der Waals surface area contributed by atoms with Crippen LogP contribution in [0.4, 0.5) is 0 Å². The second-order valence-corrected chi connectivity index (χ2v) is 7.28. The molecule has 2 atom stereocenters. The summed E-state index contributed by atoms with van der Waals surface area (Å²) in [5.74, 6) is 1.34. The number of benzene rings is 2. The van der Waals surface area contributed by atoms with E-state index in [1.54, 1.807) is 0 Å². The minimum Gasteiger partial charge on any atom is -0.494 e. The van der Waals surface area contributed by atoms with Crippen LogP contribution in [-0.2, 0) is 12.8 Å². The second-order valence-electron chi connectivity index (χ2n) is 7.28. The molecule has 0 spiro atoms. The molecule has 0 bridgehead atoms. The lowest BCUT2D eigenvalue weighted by Gasteiger charge is -2.16. The number of hydrogen-bond acceptors (Lipinski definition) is 3. The van der Waals surface area contributed by atoms with E-state index in [-0.39, 0.29) is 0 Å². The fourth-order valence-electron chi connectivity index (χ4n) is 3.56. The average molecular weight is 339 g/mol. The molecule has 0 saturated heterocycles. The average Bonchev–Trinajstić information content (AvgIpc) is 2.99. The molecule has 2 aromatic rings. The number of rotatable bonds is 7. The molecule has 0 amide bonds. The molecule has 0 heterocycles. The van der Waals surface area contributed by atoms with Gasteiger partial charge < -0.3 is 15.6 Å². The van der Waals surface area contributed by atoms with Crippen molar-refractivity contribution in [3.63, 3.8) is 0 Å². The molecule has 3 heteroatoms. The van der Waals surface area contributed by atoms with Crippen LogP contribution in [0.25, 0.3) is 0 Å². The summed E-state index contributed by atoms with van der Waals surface area (Å²) in [4.78, 5) is 0. The molecule has 2 aromatic carbocycles. The Morgan fingerprint density at radius 3 is 2.16 bits per heavy atom. The van der Waals surface area contributed by atoms with Gasteiger partial charge in [0.15, 0.2) is 0 Å². The molecule has 1 aliphatic rings. The summed E-state index contributed by atoms with van der Waals surface area (Å²) in [5, 5.41) is 9.93. The lowest BCUT2D eigenvalue weighted by molar-refractivity contribution is 0.0533. The summed E-state index contributed by atoms with van der Waals surface area (Å²) in [6.45, 7) is 2.89. The third-order valence-electron chi connectivity index (χ3n) is 5.08. The Kier molecular flexibility index (Phi) is 5.77. The van der Waals surface area contributed by atoms with Gasteiger partial charge in [-0.2, -0.15) is 0 Å². The van der Waals surface area contributed by atoms with E-state index in [1.165, 1.54) is 16.7 Å². The maximum absolute atomic E-state index is 9.93. The van der Waals surface area contributed by atoms with Crippen molar-refractivity contribution in [3.05, 3.63) is 65.2 Å². The van der Waals surface area contributed by atoms with Gasteiger partial charge in [0.2, 0.25) is 0 Å². The Bertz CT molecular complexity index is 661. The molecule has 1 fully saturated rings. The van der Waals surface area contributed by atoms with Crippen LogP contribution in [-0.4, -0.2) is 17.4 Å². The Morgan fingerprint density at radius 2 is 1.64 bits per heavy atom. The molecule has 3 nitrogen and oxygen atoms in total. The standard InChI is InChI=1S/C22H29NO2/c1-2-15-25-21-11-7-18(8-12-21)4-3-17-5-9-19(10-6-17)20-13-14-22(23,24)16-20/h5-12,20,24H,2-4,13-16,23H2,1H3/t20-,22+/m1/s1. The van der Waals surface area contributed by atoms with Crippen LogP contribution < -0.4 is 10.5 Å². The zero-order chi connectivity index (χ0) is 17.7. The molecule has 1 aliphatic carbocycles. The van der Waals surface area contributed by atoms with Crippen LogP contribution in [0, 0.1) is 0 Å². The highest BCUT2D eigenvalue weighted by Gasteiger charge is 2.34. The molecule has 0 unspecified atom stereocenters. The molecular formula is C22H29NO2. The van der Waals surface area contributed by atoms with Crippen molar-refractivity contribution in [2.45, 2.75) is 57.1 Å². The van der Waals surface area contributed by atoms with Crippen LogP contribution >= 0.6 is 0 Å². The Labute approximate surface area is 150 Å². The Balaban J connectivity index is 1.52. The van der Waals surface area contributed by atoms with Gasteiger partial charge in [-0.05, 0) is 73.3 Å². The number of hydrogen-bond donors (Lipinski definition) is 2. The third kappa shape index (κ3) is 5.07. The van der Waals surface area contributed by atoms with Crippen LogP contribution in [0.2, 0.25) is 0 Å². The Morgan fingerprint density at radius 1 is 1.04 bits per heavy atom. The highest BCUT2D eigenvalue weighted by Crippen LogP contribution is 2.38. The molecule has 0 aliphatic heterocycles. The van der Waals surface area contributed by atoms with Gasteiger partial charge in [0.1, 0.15) is 11.5 Å². The predicted octanol–water partition coefficient (Wildman–Crippen LogP) is 4.18. The quantitative estimate of drug-likeness (QED) is 0.744. The van der Waals surface area contributed by atoms with Crippen LogP contribution in [0.5, 0.6) is 5.75 Å². The van der Waals surface area contributed by atoms with Crippen LogP contribution in [0.3, 0.4) is 0 Å². The lowest BCUT2D eigenvalue weighted by Crippen LogP contribution is -2.35. The number of aryl methyl sites for hydroxylation is 2.